The number of fused-ring (bicyclic) bond motifs is 1. The third-order valence-corrected chi connectivity index (χ3v) is 6.36. The average Bonchev–Trinajstić information content (AvgIpc) is 2.82. The minimum absolute atomic E-state index is 0.130. The number of ketones is 1. The van der Waals surface area contributed by atoms with E-state index in [2.05, 4.69) is 11.0 Å². The number of ether oxygens (including phenoxy) is 3. The summed E-state index contributed by atoms with van der Waals surface area (Å²) in [6.45, 7) is 5.50. The Balaban J connectivity index is 1.73. The van der Waals surface area contributed by atoms with Gasteiger partial charge in [0.1, 0.15) is 30.0 Å². The zero-order chi connectivity index (χ0) is 24.5. The van der Waals surface area contributed by atoms with Gasteiger partial charge in [0, 0.05) is 36.8 Å². The van der Waals surface area contributed by atoms with Gasteiger partial charge in [0.05, 0.1) is 30.3 Å². The van der Waals surface area contributed by atoms with Gasteiger partial charge in [-0.15, -0.1) is 0 Å². The van der Waals surface area contributed by atoms with Crippen molar-refractivity contribution < 1.29 is 28.2 Å². The number of hydrogen-bond donors (Lipinski definition) is 1. The van der Waals surface area contributed by atoms with Gasteiger partial charge in [0.25, 0.3) is 0 Å². The van der Waals surface area contributed by atoms with Crippen LogP contribution in [0.4, 0.5) is 10.1 Å². The Morgan fingerprint density at radius 3 is 2.76 bits per heavy atom. The predicted octanol–water partition coefficient (Wildman–Crippen LogP) is 2.75. The summed E-state index contributed by atoms with van der Waals surface area (Å²) < 4.78 is 31.6. The number of morpholine rings is 1. The number of benzene rings is 2. The molecule has 2 aliphatic heterocycles. The molecular formula is C25H26FN3O5. The van der Waals surface area contributed by atoms with Crippen molar-refractivity contribution in [3.05, 3.63) is 52.8 Å². The van der Waals surface area contributed by atoms with Crippen LogP contribution in [0.5, 0.6) is 11.5 Å². The fraction of sp³-hybridized carbons (Fsp3) is 0.400. The van der Waals surface area contributed by atoms with Gasteiger partial charge in [-0.1, -0.05) is 6.07 Å². The quantitative estimate of drug-likeness (QED) is 0.695. The van der Waals surface area contributed by atoms with Crippen molar-refractivity contribution in [3.8, 4) is 17.6 Å². The highest BCUT2D eigenvalue weighted by molar-refractivity contribution is 6.06. The maximum atomic E-state index is 14.0. The standard InChI is InChI=1S/C25H26FN3O5/c1-15-19(26)4-3-5-20(15)33-14-25(2)18(12-22(28)30)24(31)23-16(13-27)10-17(11-21(23)34-25)29-6-8-32-9-7-29/h3-5,10-11,18H,6-9,12,14H2,1-2H3,(H2,28,30). The van der Waals surface area contributed by atoms with Crippen molar-refractivity contribution in [1.82, 2.24) is 0 Å². The summed E-state index contributed by atoms with van der Waals surface area (Å²) in [6, 6.07) is 9.94. The first-order chi connectivity index (χ1) is 16.2. The number of carbonyl (C=O) groups excluding carboxylic acids is 2. The second-order valence-electron chi connectivity index (χ2n) is 8.73. The zero-order valence-corrected chi connectivity index (χ0v) is 19.1. The lowest BCUT2D eigenvalue weighted by Gasteiger charge is -2.41. The van der Waals surface area contributed by atoms with Crippen molar-refractivity contribution in [2.45, 2.75) is 25.9 Å². The first kappa shape index (κ1) is 23.5. The second-order valence-corrected chi connectivity index (χ2v) is 8.73. The van der Waals surface area contributed by atoms with Gasteiger partial charge in [-0.2, -0.15) is 5.26 Å². The Hall–Kier alpha value is -3.64. The Morgan fingerprint density at radius 1 is 1.35 bits per heavy atom. The third kappa shape index (κ3) is 4.41. The molecule has 2 N–H and O–H groups in total. The number of nitriles is 1. The molecule has 4 rings (SSSR count). The minimum Gasteiger partial charge on any atom is -0.489 e. The van der Waals surface area contributed by atoms with E-state index in [9.17, 15) is 19.2 Å². The number of rotatable bonds is 6. The lowest BCUT2D eigenvalue weighted by atomic mass is 9.77. The van der Waals surface area contributed by atoms with Crippen LogP contribution in [0, 0.1) is 30.0 Å². The molecule has 9 heteroatoms. The molecule has 0 bridgehead atoms. The lowest BCUT2D eigenvalue weighted by molar-refractivity contribution is -0.121. The summed E-state index contributed by atoms with van der Waals surface area (Å²) in [5.74, 6) is -1.94. The number of nitrogens with zero attached hydrogens (tertiary/aromatic N) is 2. The summed E-state index contributed by atoms with van der Waals surface area (Å²) in [6.07, 6.45) is -0.281. The number of anilines is 1. The average molecular weight is 467 g/mol. The van der Waals surface area contributed by atoms with Crippen LogP contribution >= 0.6 is 0 Å². The topological polar surface area (TPSA) is 115 Å². The molecule has 0 aliphatic carbocycles. The van der Waals surface area contributed by atoms with Gasteiger partial charge in [-0.25, -0.2) is 4.39 Å². The summed E-state index contributed by atoms with van der Waals surface area (Å²) in [5.41, 5.74) is 5.53. The molecule has 0 aromatic heterocycles. The van der Waals surface area contributed by atoms with E-state index in [1.165, 1.54) is 12.1 Å². The van der Waals surface area contributed by atoms with Crippen LogP contribution in [0.3, 0.4) is 0 Å². The van der Waals surface area contributed by atoms with Crippen LogP contribution in [0.15, 0.2) is 30.3 Å². The minimum atomic E-state index is -1.28. The second kappa shape index (κ2) is 9.31. The number of nitrogens with two attached hydrogens (primary N) is 1. The molecule has 2 atom stereocenters. The SMILES string of the molecule is Cc1c(F)cccc1OCC1(C)Oc2cc(N3CCOCC3)cc(C#N)c2C(=O)C1CC(N)=O. The molecular weight excluding hydrogens is 441 g/mol. The molecule has 0 saturated carbocycles. The fourth-order valence-electron chi connectivity index (χ4n) is 4.41. The van der Waals surface area contributed by atoms with Crippen LogP contribution < -0.4 is 20.1 Å². The summed E-state index contributed by atoms with van der Waals surface area (Å²) in [5, 5.41) is 9.79. The van der Waals surface area contributed by atoms with Gasteiger partial charge in [-0.3, -0.25) is 9.59 Å². The van der Waals surface area contributed by atoms with E-state index < -0.39 is 29.0 Å². The van der Waals surface area contributed by atoms with E-state index in [1.807, 2.05) is 0 Å². The molecule has 178 valence electrons. The molecule has 2 aromatic rings. The Kier molecular flexibility index (Phi) is 6.44. The van der Waals surface area contributed by atoms with Gasteiger partial charge >= 0.3 is 0 Å². The van der Waals surface area contributed by atoms with Crippen molar-refractivity contribution in [2.75, 3.05) is 37.8 Å². The fourth-order valence-corrected chi connectivity index (χ4v) is 4.41. The van der Waals surface area contributed by atoms with Crippen LogP contribution in [0.1, 0.15) is 34.8 Å². The smallest absolute Gasteiger partial charge is 0.218 e. The van der Waals surface area contributed by atoms with Crippen LogP contribution in [0.2, 0.25) is 0 Å². The van der Waals surface area contributed by atoms with Crippen molar-refractivity contribution >= 4 is 17.4 Å². The molecule has 0 spiro atoms. The highest BCUT2D eigenvalue weighted by Crippen LogP contribution is 2.43. The summed E-state index contributed by atoms with van der Waals surface area (Å²) in [4.78, 5) is 27.5. The Morgan fingerprint density at radius 2 is 2.09 bits per heavy atom. The van der Waals surface area contributed by atoms with Crippen LogP contribution in [-0.2, 0) is 9.53 Å². The van der Waals surface area contributed by atoms with E-state index in [4.69, 9.17) is 19.9 Å². The van der Waals surface area contributed by atoms with Crippen LogP contribution in [-0.4, -0.2) is 50.2 Å². The summed E-state index contributed by atoms with van der Waals surface area (Å²) in [7, 11) is 0. The van der Waals surface area contributed by atoms with Crippen LogP contribution in [0.25, 0.3) is 0 Å². The number of hydrogen-bond acceptors (Lipinski definition) is 7. The molecule has 2 aliphatic rings. The molecule has 34 heavy (non-hydrogen) atoms. The van der Waals surface area contributed by atoms with E-state index in [0.29, 0.717) is 37.6 Å². The Bertz CT molecular complexity index is 1170. The number of amides is 1. The third-order valence-electron chi connectivity index (χ3n) is 6.36. The maximum Gasteiger partial charge on any atom is 0.218 e. The van der Waals surface area contributed by atoms with E-state index in [1.54, 1.807) is 32.0 Å². The highest BCUT2D eigenvalue weighted by atomic mass is 19.1. The first-order valence-electron chi connectivity index (χ1n) is 11.0. The van der Waals surface area contributed by atoms with Crippen molar-refractivity contribution in [1.29, 1.82) is 5.26 Å². The lowest BCUT2D eigenvalue weighted by Crippen LogP contribution is -2.53. The normalized spacial score (nSPS) is 21.9. The molecule has 2 unspecified atom stereocenters. The molecule has 2 aromatic carbocycles. The monoisotopic (exact) mass is 467 g/mol. The van der Waals surface area contributed by atoms with Gasteiger partial charge in [0.15, 0.2) is 11.4 Å². The molecule has 1 fully saturated rings. The summed E-state index contributed by atoms with van der Waals surface area (Å²) >= 11 is 0. The highest BCUT2D eigenvalue weighted by Gasteiger charge is 2.49. The van der Waals surface area contributed by atoms with Crippen molar-refractivity contribution in [2.24, 2.45) is 11.7 Å². The van der Waals surface area contributed by atoms with E-state index >= 15 is 0 Å². The largest absolute Gasteiger partial charge is 0.489 e. The molecule has 2 heterocycles. The zero-order valence-electron chi connectivity index (χ0n) is 19.1. The van der Waals surface area contributed by atoms with E-state index in [0.717, 1.165) is 5.69 Å². The number of primary amides is 1. The van der Waals surface area contributed by atoms with Gasteiger partial charge < -0.3 is 24.8 Å². The van der Waals surface area contributed by atoms with Gasteiger partial charge in [0.2, 0.25) is 5.91 Å². The van der Waals surface area contributed by atoms with Gasteiger partial charge in [-0.05, 0) is 32.0 Å². The van der Waals surface area contributed by atoms with E-state index in [-0.39, 0.29) is 29.9 Å². The molecule has 1 amide bonds. The maximum absolute atomic E-state index is 14.0. The molecule has 1 saturated heterocycles. The first-order valence-corrected chi connectivity index (χ1v) is 11.0. The Labute approximate surface area is 197 Å². The van der Waals surface area contributed by atoms with Crippen molar-refractivity contribution in [3.63, 3.8) is 0 Å². The molecule has 0 radical (unpaired) electrons. The number of Topliss-reactive ketones (excluding diaryl/α,β-unsaturated/α-hetero) is 1. The molecule has 8 nitrogen and oxygen atoms in total. The number of carbonyl (C=O) groups is 2. The predicted molar refractivity (Wildman–Crippen MR) is 121 cm³/mol. The number of halogens is 1.